The zero-order chi connectivity index (χ0) is 11.6. The highest BCUT2D eigenvalue weighted by molar-refractivity contribution is 4.62. The van der Waals surface area contributed by atoms with Crippen molar-refractivity contribution in [3.8, 4) is 0 Å². The van der Waals surface area contributed by atoms with Crippen molar-refractivity contribution in [3.63, 3.8) is 0 Å². The van der Waals surface area contributed by atoms with Gasteiger partial charge in [0, 0.05) is 13.1 Å². The summed E-state index contributed by atoms with van der Waals surface area (Å²) in [5, 5.41) is 12.5. The largest absolute Gasteiger partial charge is 0.393 e. The fourth-order valence-corrected chi connectivity index (χ4v) is 1.90. The molecule has 0 amide bonds. The van der Waals surface area contributed by atoms with Gasteiger partial charge in [-0.25, -0.2) is 0 Å². The van der Waals surface area contributed by atoms with Crippen molar-refractivity contribution < 1.29 is 9.84 Å². The van der Waals surface area contributed by atoms with Crippen molar-refractivity contribution in [1.29, 1.82) is 0 Å². The molecule has 1 heterocycles. The molecule has 1 saturated heterocycles. The molecule has 0 aromatic carbocycles. The summed E-state index contributed by atoms with van der Waals surface area (Å²) in [4.78, 5) is 2.46. The fraction of sp³-hybridized carbons (Fsp3) is 1.00. The second-order valence-corrected chi connectivity index (χ2v) is 4.55. The van der Waals surface area contributed by atoms with Gasteiger partial charge in [-0.2, -0.15) is 0 Å². The van der Waals surface area contributed by atoms with Crippen molar-refractivity contribution in [2.45, 2.75) is 32.3 Å². The molecule has 1 aliphatic rings. The Bertz CT molecular complexity index is 159. The van der Waals surface area contributed by atoms with Crippen molar-refractivity contribution in [2.24, 2.45) is 0 Å². The third kappa shape index (κ3) is 7.17. The molecule has 1 fully saturated rings. The molecule has 0 aromatic heterocycles. The molecule has 1 unspecified atom stereocenters. The molecule has 16 heavy (non-hydrogen) atoms. The maximum absolute atomic E-state index is 9.08. The number of nitrogens with zero attached hydrogens (tertiary/aromatic N) is 1. The van der Waals surface area contributed by atoms with Crippen LogP contribution in [0.1, 0.15) is 26.2 Å². The molecule has 4 nitrogen and oxygen atoms in total. The van der Waals surface area contributed by atoms with E-state index in [4.69, 9.17) is 9.84 Å². The number of nitrogens with one attached hydrogen (secondary N) is 1. The summed E-state index contributed by atoms with van der Waals surface area (Å²) in [7, 11) is 0. The predicted octanol–water partition coefficient (Wildman–Crippen LogP) is 0.459. The average molecular weight is 230 g/mol. The highest BCUT2D eigenvalue weighted by Gasteiger charge is 2.08. The number of ether oxygens (including phenoxy) is 1. The Labute approximate surface area is 99.0 Å². The number of aliphatic hydroxyl groups is 1. The average Bonchev–Trinajstić information content (AvgIpc) is 2.29. The number of aliphatic hydroxyl groups excluding tert-OH is 1. The molecule has 1 aliphatic heterocycles. The molecule has 2 N–H and O–H groups in total. The first kappa shape index (κ1) is 13.9. The minimum atomic E-state index is -0.157. The van der Waals surface area contributed by atoms with Gasteiger partial charge in [-0.15, -0.1) is 0 Å². The molecule has 96 valence electrons. The third-order valence-corrected chi connectivity index (χ3v) is 2.91. The summed E-state index contributed by atoms with van der Waals surface area (Å²) in [6.45, 7) is 9.07. The maximum Gasteiger partial charge on any atom is 0.0594 e. The molecule has 0 aromatic rings. The first-order valence-corrected chi connectivity index (χ1v) is 6.48. The van der Waals surface area contributed by atoms with E-state index in [1.165, 1.54) is 13.0 Å². The van der Waals surface area contributed by atoms with Gasteiger partial charge in [0.1, 0.15) is 0 Å². The topological polar surface area (TPSA) is 44.7 Å². The van der Waals surface area contributed by atoms with Crippen LogP contribution in [0.4, 0.5) is 0 Å². The zero-order valence-corrected chi connectivity index (χ0v) is 10.5. The van der Waals surface area contributed by atoms with Crippen LogP contribution in [0.15, 0.2) is 0 Å². The lowest BCUT2D eigenvalue weighted by molar-refractivity contribution is 0.0374. The van der Waals surface area contributed by atoms with E-state index in [0.717, 1.165) is 52.2 Å². The smallest absolute Gasteiger partial charge is 0.0594 e. The van der Waals surface area contributed by atoms with Crippen molar-refractivity contribution in [3.05, 3.63) is 0 Å². The van der Waals surface area contributed by atoms with Crippen molar-refractivity contribution >= 4 is 0 Å². The van der Waals surface area contributed by atoms with Gasteiger partial charge in [0.15, 0.2) is 0 Å². The van der Waals surface area contributed by atoms with Crippen LogP contribution in [-0.2, 0) is 4.74 Å². The summed E-state index contributed by atoms with van der Waals surface area (Å²) in [5.41, 5.74) is 0. The van der Waals surface area contributed by atoms with E-state index in [1.54, 1.807) is 0 Å². The Kier molecular flexibility index (Phi) is 7.76. The van der Waals surface area contributed by atoms with Gasteiger partial charge in [-0.1, -0.05) is 0 Å². The zero-order valence-electron chi connectivity index (χ0n) is 10.5. The van der Waals surface area contributed by atoms with Gasteiger partial charge in [0.05, 0.1) is 19.3 Å². The van der Waals surface area contributed by atoms with Crippen LogP contribution in [0, 0.1) is 0 Å². The van der Waals surface area contributed by atoms with Crippen LogP contribution in [0.25, 0.3) is 0 Å². The lowest BCUT2D eigenvalue weighted by atomic mass is 10.2. The number of morpholine rings is 1. The molecule has 0 radical (unpaired) electrons. The summed E-state index contributed by atoms with van der Waals surface area (Å²) < 4.78 is 5.30. The molecule has 0 spiro atoms. The third-order valence-electron chi connectivity index (χ3n) is 2.91. The predicted molar refractivity (Wildman–Crippen MR) is 65.7 cm³/mol. The first-order chi connectivity index (χ1) is 7.79. The Hall–Kier alpha value is -0.160. The Morgan fingerprint density at radius 2 is 1.94 bits per heavy atom. The Morgan fingerprint density at radius 3 is 2.62 bits per heavy atom. The molecular weight excluding hydrogens is 204 g/mol. The number of hydrogen-bond donors (Lipinski definition) is 2. The van der Waals surface area contributed by atoms with E-state index >= 15 is 0 Å². The van der Waals surface area contributed by atoms with E-state index < -0.39 is 0 Å². The van der Waals surface area contributed by atoms with Crippen LogP contribution >= 0.6 is 0 Å². The summed E-state index contributed by atoms with van der Waals surface area (Å²) in [5.74, 6) is 0. The van der Waals surface area contributed by atoms with Gasteiger partial charge in [0.2, 0.25) is 0 Å². The van der Waals surface area contributed by atoms with Crippen LogP contribution in [0.5, 0.6) is 0 Å². The lowest BCUT2D eigenvalue weighted by Crippen LogP contribution is -2.37. The Balaban J connectivity index is 1.80. The number of rotatable bonds is 8. The van der Waals surface area contributed by atoms with Gasteiger partial charge in [-0.3, -0.25) is 4.90 Å². The Morgan fingerprint density at radius 1 is 1.25 bits per heavy atom. The molecule has 1 atom stereocenters. The summed E-state index contributed by atoms with van der Waals surface area (Å²) in [6, 6.07) is 0. The van der Waals surface area contributed by atoms with E-state index in [0.29, 0.717) is 0 Å². The van der Waals surface area contributed by atoms with E-state index in [-0.39, 0.29) is 6.10 Å². The highest BCUT2D eigenvalue weighted by atomic mass is 16.5. The van der Waals surface area contributed by atoms with Crippen molar-refractivity contribution in [1.82, 2.24) is 10.2 Å². The van der Waals surface area contributed by atoms with Crippen LogP contribution in [0.2, 0.25) is 0 Å². The van der Waals surface area contributed by atoms with Crippen molar-refractivity contribution in [2.75, 3.05) is 45.9 Å². The SMILES string of the molecule is CC(O)CCCNCCCN1CCOCC1. The van der Waals surface area contributed by atoms with Gasteiger partial charge in [-0.05, 0) is 45.8 Å². The fourth-order valence-electron chi connectivity index (χ4n) is 1.90. The monoisotopic (exact) mass is 230 g/mol. The first-order valence-electron chi connectivity index (χ1n) is 6.48. The van der Waals surface area contributed by atoms with Gasteiger partial charge >= 0.3 is 0 Å². The van der Waals surface area contributed by atoms with Crippen LogP contribution < -0.4 is 5.32 Å². The highest BCUT2D eigenvalue weighted by Crippen LogP contribution is 1.97. The standard InChI is InChI=1S/C12H26N2O2/c1-12(15)4-2-5-13-6-3-7-14-8-10-16-11-9-14/h12-13,15H,2-11H2,1H3. The number of hydrogen-bond acceptors (Lipinski definition) is 4. The minimum absolute atomic E-state index is 0.157. The molecule has 0 aliphatic carbocycles. The van der Waals surface area contributed by atoms with E-state index in [9.17, 15) is 0 Å². The van der Waals surface area contributed by atoms with Gasteiger partial charge < -0.3 is 15.2 Å². The molecule has 4 heteroatoms. The maximum atomic E-state index is 9.08. The summed E-state index contributed by atoms with van der Waals surface area (Å²) in [6.07, 6.45) is 3.01. The van der Waals surface area contributed by atoms with E-state index in [1.807, 2.05) is 6.92 Å². The lowest BCUT2D eigenvalue weighted by Gasteiger charge is -2.26. The quantitative estimate of drug-likeness (QED) is 0.595. The van der Waals surface area contributed by atoms with Gasteiger partial charge in [0.25, 0.3) is 0 Å². The molecular formula is C12H26N2O2. The normalized spacial score (nSPS) is 19.9. The summed E-state index contributed by atoms with van der Waals surface area (Å²) >= 11 is 0. The van der Waals surface area contributed by atoms with E-state index in [2.05, 4.69) is 10.2 Å². The van der Waals surface area contributed by atoms with Crippen LogP contribution in [-0.4, -0.2) is 62.0 Å². The molecule has 0 bridgehead atoms. The van der Waals surface area contributed by atoms with Crippen LogP contribution in [0.3, 0.4) is 0 Å². The second kappa shape index (κ2) is 8.93. The molecule has 1 rings (SSSR count). The molecule has 0 saturated carbocycles. The second-order valence-electron chi connectivity index (χ2n) is 4.55. The minimum Gasteiger partial charge on any atom is -0.393 e.